The van der Waals surface area contributed by atoms with Gasteiger partial charge in [0, 0.05) is 16.5 Å². The van der Waals surface area contributed by atoms with Gasteiger partial charge in [0.05, 0.1) is 6.61 Å². The molecular weight excluding hydrogens is 709 g/mol. The fourth-order valence-corrected chi connectivity index (χ4v) is 4.80. The summed E-state index contributed by atoms with van der Waals surface area (Å²) in [6.07, 6.45) is 1.11. The number of nitrogens with one attached hydrogen (secondary N) is 4. The Bertz CT molecular complexity index is 1190. The van der Waals surface area contributed by atoms with Gasteiger partial charge in [-0.3, -0.25) is 29.0 Å². The predicted octanol–water partition coefficient (Wildman–Crippen LogP) is -1.28. The lowest BCUT2D eigenvalue weighted by molar-refractivity contribution is -0.135. The first kappa shape index (κ1) is 40.5. The predicted molar refractivity (Wildman–Crippen MR) is 184 cm³/mol. The van der Waals surface area contributed by atoms with E-state index in [1.54, 1.807) is 0 Å². The van der Waals surface area contributed by atoms with Crippen LogP contribution in [0.4, 0.5) is 0 Å². The summed E-state index contributed by atoms with van der Waals surface area (Å²) >= 11 is 2.15. The number of halogens is 1. The highest BCUT2D eigenvalue weighted by Crippen LogP contribution is 2.12. The van der Waals surface area contributed by atoms with Crippen LogP contribution in [0.15, 0.2) is 29.3 Å². The number of guanidine groups is 1. The number of hydrogen-bond acceptors (Lipinski definition) is 8. The van der Waals surface area contributed by atoms with Gasteiger partial charge in [0.15, 0.2) is 5.96 Å². The number of amides is 5. The minimum absolute atomic E-state index is 0.0210. The fourth-order valence-electron chi connectivity index (χ4n) is 4.44. The third kappa shape index (κ3) is 15.7. The summed E-state index contributed by atoms with van der Waals surface area (Å²) in [5.74, 6) is -3.50. The second-order valence-corrected chi connectivity index (χ2v) is 13.2. The van der Waals surface area contributed by atoms with Crippen LogP contribution < -0.4 is 44.2 Å². The summed E-state index contributed by atoms with van der Waals surface area (Å²) in [6.45, 7) is 7.10. The Morgan fingerprint density at radius 3 is 1.65 bits per heavy atom. The molecule has 0 aliphatic rings. The van der Waals surface area contributed by atoms with Gasteiger partial charge >= 0.3 is 0 Å². The summed E-state index contributed by atoms with van der Waals surface area (Å²) in [6, 6.07) is 1.86. The molecule has 1 aromatic carbocycles. The van der Waals surface area contributed by atoms with Crippen LogP contribution in [0.3, 0.4) is 0 Å². The average molecular weight is 760 g/mol. The molecule has 0 fully saturated rings. The minimum atomic E-state index is -1.24. The van der Waals surface area contributed by atoms with Crippen LogP contribution >= 0.6 is 22.6 Å². The van der Waals surface area contributed by atoms with Crippen molar-refractivity contribution < 1.29 is 29.1 Å². The zero-order valence-electron chi connectivity index (χ0n) is 26.9. The number of nitrogens with zero attached hydrogens (tertiary/aromatic N) is 1. The number of nitrogens with two attached hydrogens (primary N) is 4. The van der Waals surface area contributed by atoms with E-state index in [-0.39, 0.29) is 50.0 Å². The Morgan fingerprint density at radius 1 is 0.761 bits per heavy atom. The third-order valence-corrected chi connectivity index (χ3v) is 7.52. The lowest BCUT2D eigenvalue weighted by Gasteiger charge is -2.28. The number of primary amides is 1. The van der Waals surface area contributed by atoms with Gasteiger partial charge in [-0.2, -0.15) is 0 Å². The highest BCUT2D eigenvalue weighted by molar-refractivity contribution is 14.1. The van der Waals surface area contributed by atoms with Crippen LogP contribution in [-0.4, -0.2) is 84.0 Å². The maximum absolute atomic E-state index is 13.6. The smallest absolute Gasteiger partial charge is 0.243 e. The molecule has 15 nitrogen and oxygen atoms in total. The van der Waals surface area contributed by atoms with Gasteiger partial charge in [-0.05, 0) is 77.8 Å². The van der Waals surface area contributed by atoms with Crippen LogP contribution in [0.1, 0.15) is 58.9 Å². The van der Waals surface area contributed by atoms with Crippen LogP contribution in [-0.2, 0) is 30.4 Å². The average Bonchev–Trinajstić information content (AvgIpc) is 2.97. The summed E-state index contributed by atoms with van der Waals surface area (Å²) < 4.78 is 0.982. The molecule has 0 aliphatic carbocycles. The monoisotopic (exact) mass is 759 g/mol. The van der Waals surface area contributed by atoms with Crippen molar-refractivity contribution in [2.45, 2.75) is 90.0 Å². The lowest BCUT2D eigenvalue weighted by Crippen LogP contribution is -2.59. The maximum atomic E-state index is 13.6. The van der Waals surface area contributed by atoms with Crippen molar-refractivity contribution in [2.75, 3.05) is 13.2 Å². The molecule has 258 valence electrons. The lowest BCUT2D eigenvalue weighted by atomic mass is 9.98. The first-order valence-electron chi connectivity index (χ1n) is 15.2. The molecule has 0 spiro atoms. The van der Waals surface area contributed by atoms with Crippen LogP contribution in [0.2, 0.25) is 0 Å². The number of hydrogen-bond donors (Lipinski definition) is 9. The van der Waals surface area contributed by atoms with E-state index < -0.39 is 66.4 Å². The Balaban J connectivity index is 3.18. The SMILES string of the molecule is CC(C)C[C@H](NC(=O)[C@H](CC(C)C)NC(=O)[C@H](Cc1ccc(I)cc1)NC(=O)[C@@H](N)CO)C(=O)N[C@@H](CCCN=C(N)N)C(N)=O. The van der Waals surface area contributed by atoms with Crippen molar-refractivity contribution in [1.29, 1.82) is 0 Å². The number of rotatable bonds is 20. The molecule has 0 heterocycles. The van der Waals surface area contributed by atoms with Crippen molar-refractivity contribution >= 4 is 58.1 Å². The van der Waals surface area contributed by atoms with Crippen molar-refractivity contribution in [2.24, 2.45) is 39.8 Å². The normalized spacial score (nSPS) is 14.4. The second-order valence-electron chi connectivity index (χ2n) is 12.0. The Morgan fingerprint density at radius 2 is 1.22 bits per heavy atom. The van der Waals surface area contributed by atoms with E-state index in [0.717, 1.165) is 9.13 Å². The number of aliphatic hydroxyl groups is 1. The van der Waals surface area contributed by atoms with Gasteiger partial charge in [0.2, 0.25) is 29.5 Å². The molecule has 0 bridgehead atoms. The summed E-state index contributed by atoms with van der Waals surface area (Å²) in [5.41, 5.74) is 22.6. The number of aliphatic imine (C=N–C) groups is 1. The van der Waals surface area contributed by atoms with E-state index in [1.807, 2.05) is 52.0 Å². The van der Waals surface area contributed by atoms with E-state index in [1.165, 1.54) is 0 Å². The summed E-state index contributed by atoms with van der Waals surface area (Å²) in [4.78, 5) is 69.0. The molecule has 0 radical (unpaired) electrons. The number of aliphatic hydroxyl groups excluding tert-OH is 1. The topological polar surface area (TPSA) is 270 Å². The van der Waals surface area contributed by atoms with Gasteiger partial charge < -0.3 is 49.3 Å². The molecule has 0 aliphatic heterocycles. The van der Waals surface area contributed by atoms with E-state index in [0.29, 0.717) is 6.42 Å². The molecule has 5 amide bonds. The molecule has 0 unspecified atom stereocenters. The van der Waals surface area contributed by atoms with Gasteiger partial charge in [0.1, 0.15) is 30.2 Å². The molecule has 1 aromatic rings. The molecular formula is C30H50IN9O6. The largest absolute Gasteiger partial charge is 0.394 e. The van der Waals surface area contributed by atoms with Gasteiger partial charge in [-0.1, -0.05) is 39.8 Å². The Labute approximate surface area is 284 Å². The number of carbonyl (C=O) groups is 5. The first-order chi connectivity index (χ1) is 21.5. The van der Waals surface area contributed by atoms with Crippen LogP contribution in [0, 0.1) is 15.4 Å². The fraction of sp³-hybridized carbons (Fsp3) is 0.600. The van der Waals surface area contributed by atoms with Gasteiger partial charge in [0.25, 0.3) is 0 Å². The van der Waals surface area contributed by atoms with Crippen molar-refractivity contribution in [3.8, 4) is 0 Å². The van der Waals surface area contributed by atoms with E-state index >= 15 is 0 Å². The van der Waals surface area contributed by atoms with E-state index in [9.17, 15) is 29.1 Å². The van der Waals surface area contributed by atoms with Crippen molar-refractivity contribution in [1.82, 2.24) is 21.3 Å². The summed E-state index contributed by atoms with van der Waals surface area (Å²) in [7, 11) is 0. The van der Waals surface area contributed by atoms with Crippen LogP contribution in [0.25, 0.3) is 0 Å². The Kier molecular flexibility index (Phi) is 18.1. The first-order valence-corrected chi connectivity index (χ1v) is 16.3. The number of benzene rings is 1. The highest BCUT2D eigenvalue weighted by Gasteiger charge is 2.32. The zero-order valence-corrected chi connectivity index (χ0v) is 29.1. The molecule has 16 heteroatoms. The molecule has 5 atom stereocenters. The zero-order chi connectivity index (χ0) is 35.0. The second kappa shape index (κ2) is 20.6. The quantitative estimate of drug-likeness (QED) is 0.0331. The van der Waals surface area contributed by atoms with Gasteiger partial charge in [-0.15, -0.1) is 0 Å². The van der Waals surface area contributed by atoms with E-state index in [4.69, 9.17) is 22.9 Å². The molecule has 46 heavy (non-hydrogen) atoms. The highest BCUT2D eigenvalue weighted by atomic mass is 127. The van der Waals surface area contributed by atoms with Crippen molar-refractivity contribution in [3.63, 3.8) is 0 Å². The maximum Gasteiger partial charge on any atom is 0.243 e. The number of carbonyl (C=O) groups excluding carboxylic acids is 5. The van der Waals surface area contributed by atoms with Crippen LogP contribution in [0.5, 0.6) is 0 Å². The van der Waals surface area contributed by atoms with Crippen molar-refractivity contribution in [3.05, 3.63) is 33.4 Å². The molecule has 0 aromatic heterocycles. The summed E-state index contributed by atoms with van der Waals surface area (Å²) in [5, 5.41) is 20.0. The molecule has 13 N–H and O–H groups in total. The molecule has 1 rings (SSSR count). The van der Waals surface area contributed by atoms with E-state index in [2.05, 4.69) is 48.9 Å². The minimum Gasteiger partial charge on any atom is -0.394 e. The Hall–Kier alpha value is -3.51. The van der Waals surface area contributed by atoms with Gasteiger partial charge in [-0.25, -0.2) is 0 Å². The third-order valence-electron chi connectivity index (χ3n) is 6.80. The molecule has 0 saturated carbocycles. The molecule has 0 saturated heterocycles. The standard InChI is InChI=1S/C30H50IN9O6/c1-16(2)12-22(27(44)37-21(25(33)42)6-5-11-36-30(34)35)39-28(45)23(13-17(3)4)40-29(46)24(38-26(43)20(32)15-41)14-18-7-9-19(31)10-8-18/h7-10,16-17,20-24,41H,5-6,11-15,32H2,1-4H3,(H2,33,42)(H,37,44)(H,38,43)(H,39,45)(H,40,46)(H4,34,35,36)/t20-,21-,22-,23-,24-/m0/s1.